The maximum absolute atomic E-state index is 11.9. The maximum Gasteiger partial charge on any atom is 0.338 e. The minimum Gasteiger partial charge on any atom is -0.466 e. The standard InChI is InChI=1S/C18H26O4/c1-3-5-6-8-13-16(18(20)21-4-2)14-22-17(19)15-11-9-7-10-12-15/h7,9-12,16H,3-6,8,13-14H2,1-2H3. The second-order valence-corrected chi connectivity index (χ2v) is 5.26. The van der Waals surface area contributed by atoms with Gasteiger partial charge in [0.05, 0.1) is 18.1 Å². The Hall–Kier alpha value is -1.84. The summed E-state index contributed by atoms with van der Waals surface area (Å²) in [6.45, 7) is 4.35. The van der Waals surface area contributed by atoms with Crippen LogP contribution in [0.1, 0.15) is 56.3 Å². The molecular formula is C18H26O4. The number of ether oxygens (including phenoxy) is 2. The van der Waals surface area contributed by atoms with E-state index in [9.17, 15) is 9.59 Å². The maximum atomic E-state index is 11.9. The molecule has 0 aromatic heterocycles. The molecule has 1 atom stereocenters. The van der Waals surface area contributed by atoms with Crippen LogP contribution < -0.4 is 0 Å². The number of hydrogen-bond acceptors (Lipinski definition) is 4. The van der Waals surface area contributed by atoms with Crippen molar-refractivity contribution < 1.29 is 19.1 Å². The van der Waals surface area contributed by atoms with Crippen molar-refractivity contribution in [3.8, 4) is 0 Å². The normalized spacial score (nSPS) is 11.7. The first-order chi connectivity index (χ1) is 10.7. The Balaban J connectivity index is 2.48. The fraction of sp³-hybridized carbons (Fsp3) is 0.556. The molecule has 0 saturated carbocycles. The van der Waals surface area contributed by atoms with Gasteiger partial charge >= 0.3 is 11.9 Å². The Morgan fingerprint density at radius 3 is 2.36 bits per heavy atom. The van der Waals surface area contributed by atoms with Gasteiger partial charge in [0.2, 0.25) is 0 Å². The molecule has 0 amide bonds. The van der Waals surface area contributed by atoms with E-state index in [0.29, 0.717) is 18.6 Å². The number of carbonyl (C=O) groups excluding carboxylic acids is 2. The molecule has 0 aliphatic rings. The van der Waals surface area contributed by atoms with E-state index in [4.69, 9.17) is 9.47 Å². The Morgan fingerprint density at radius 1 is 1.00 bits per heavy atom. The average molecular weight is 306 g/mol. The lowest BCUT2D eigenvalue weighted by molar-refractivity contribution is -0.149. The van der Waals surface area contributed by atoms with Crippen LogP contribution in [0.2, 0.25) is 0 Å². The van der Waals surface area contributed by atoms with Crippen LogP contribution in [-0.4, -0.2) is 25.2 Å². The molecule has 0 bridgehead atoms. The van der Waals surface area contributed by atoms with Crippen LogP contribution in [0.25, 0.3) is 0 Å². The smallest absolute Gasteiger partial charge is 0.338 e. The molecule has 0 N–H and O–H groups in total. The molecule has 0 aliphatic heterocycles. The Bertz CT molecular complexity index is 442. The molecule has 22 heavy (non-hydrogen) atoms. The van der Waals surface area contributed by atoms with Crippen LogP contribution in [0.4, 0.5) is 0 Å². The topological polar surface area (TPSA) is 52.6 Å². The van der Waals surface area contributed by atoms with Crippen LogP contribution in [0.3, 0.4) is 0 Å². The SMILES string of the molecule is CCCCCCC(COC(=O)c1ccccc1)C(=O)OCC. The van der Waals surface area contributed by atoms with E-state index in [2.05, 4.69) is 6.92 Å². The summed E-state index contributed by atoms with van der Waals surface area (Å²) < 4.78 is 10.3. The molecule has 0 saturated heterocycles. The third kappa shape index (κ3) is 6.74. The van der Waals surface area contributed by atoms with Crippen molar-refractivity contribution in [2.45, 2.75) is 46.0 Å². The summed E-state index contributed by atoms with van der Waals surface area (Å²) in [6.07, 6.45) is 5.02. The van der Waals surface area contributed by atoms with Gasteiger partial charge in [-0.1, -0.05) is 50.8 Å². The van der Waals surface area contributed by atoms with Crippen molar-refractivity contribution in [1.29, 1.82) is 0 Å². The minimum absolute atomic E-state index is 0.0820. The van der Waals surface area contributed by atoms with Gasteiger partial charge in [-0.3, -0.25) is 4.79 Å². The molecule has 1 aromatic rings. The highest BCUT2D eigenvalue weighted by molar-refractivity contribution is 5.89. The third-order valence-corrected chi connectivity index (χ3v) is 3.45. The van der Waals surface area contributed by atoms with Crippen LogP contribution in [0.15, 0.2) is 30.3 Å². The van der Waals surface area contributed by atoms with Gasteiger partial charge in [-0.25, -0.2) is 4.79 Å². The van der Waals surface area contributed by atoms with E-state index in [1.165, 1.54) is 0 Å². The summed E-state index contributed by atoms with van der Waals surface area (Å²) in [7, 11) is 0. The van der Waals surface area contributed by atoms with Gasteiger partial charge in [0.1, 0.15) is 6.61 Å². The Kier molecular flexibility index (Phi) is 8.96. The lowest BCUT2D eigenvalue weighted by atomic mass is 10.0. The zero-order chi connectivity index (χ0) is 16.2. The average Bonchev–Trinajstić information content (AvgIpc) is 2.55. The lowest BCUT2D eigenvalue weighted by Crippen LogP contribution is -2.24. The molecule has 4 nitrogen and oxygen atoms in total. The molecule has 4 heteroatoms. The number of hydrogen-bond donors (Lipinski definition) is 0. The first-order valence-corrected chi connectivity index (χ1v) is 8.07. The minimum atomic E-state index is -0.400. The predicted molar refractivity (Wildman–Crippen MR) is 85.6 cm³/mol. The zero-order valence-corrected chi connectivity index (χ0v) is 13.5. The van der Waals surface area contributed by atoms with Gasteiger partial charge < -0.3 is 9.47 Å². The van der Waals surface area contributed by atoms with Gasteiger partial charge in [-0.2, -0.15) is 0 Å². The van der Waals surface area contributed by atoms with Gasteiger partial charge in [-0.05, 0) is 25.5 Å². The highest BCUT2D eigenvalue weighted by atomic mass is 16.5. The summed E-state index contributed by atoms with van der Waals surface area (Å²) >= 11 is 0. The van der Waals surface area contributed by atoms with Crippen LogP contribution in [0, 0.1) is 5.92 Å². The van der Waals surface area contributed by atoms with Crippen LogP contribution >= 0.6 is 0 Å². The zero-order valence-electron chi connectivity index (χ0n) is 13.5. The van der Waals surface area contributed by atoms with Crippen LogP contribution in [0.5, 0.6) is 0 Å². The highest BCUT2D eigenvalue weighted by Gasteiger charge is 2.21. The monoisotopic (exact) mass is 306 g/mol. The first-order valence-electron chi connectivity index (χ1n) is 8.07. The molecule has 122 valence electrons. The second-order valence-electron chi connectivity index (χ2n) is 5.26. The van der Waals surface area contributed by atoms with E-state index in [1.807, 2.05) is 6.07 Å². The van der Waals surface area contributed by atoms with Crippen LogP contribution in [-0.2, 0) is 14.3 Å². The van der Waals surface area contributed by atoms with Crippen molar-refractivity contribution in [3.63, 3.8) is 0 Å². The highest BCUT2D eigenvalue weighted by Crippen LogP contribution is 2.14. The van der Waals surface area contributed by atoms with Crippen molar-refractivity contribution in [1.82, 2.24) is 0 Å². The molecule has 0 heterocycles. The Morgan fingerprint density at radius 2 is 1.73 bits per heavy atom. The molecule has 0 radical (unpaired) electrons. The van der Waals surface area contributed by atoms with E-state index >= 15 is 0 Å². The predicted octanol–water partition coefficient (Wildman–Crippen LogP) is 3.99. The van der Waals surface area contributed by atoms with Crippen molar-refractivity contribution in [2.75, 3.05) is 13.2 Å². The number of carbonyl (C=O) groups is 2. The summed E-state index contributed by atoms with van der Waals surface area (Å²) in [5.41, 5.74) is 0.496. The summed E-state index contributed by atoms with van der Waals surface area (Å²) in [5.74, 6) is -1.05. The first kappa shape index (κ1) is 18.2. The summed E-state index contributed by atoms with van der Waals surface area (Å²) in [5, 5.41) is 0. The molecular weight excluding hydrogens is 280 g/mol. The molecule has 0 spiro atoms. The van der Waals surface area contributed by atoms with Gasteiger partial charge in [-0.15, -0.1) is 0 Å². The van der Waals surface area contributed by atoms with E-state index < -0.39 is 5.97 Å². The van der Waals surface area contributed by atoms with Gasteiger partial charge in [0.25, 0.3) is 0 Å². The number of rotatable bonds is 10. The van der Waals surface area contributed by atoms with Gasteiger partial charge in [0, 0.05) is 0 Å². The molecule has 1 aromatic carbocycles. The molecule has 1 rings (SSSR count). The number of benzene rings is 1. The summed E-state index contributed by atoms with van der Waals surface area (Å²) in [4.78, 5) is 23.9. The van der Waals surface area contributed by atoms with Crippen molar-refractivity contribution in [3.05, 3.63) is 35.9 Å². The van der Waals surface area contributed by atoms with Gasteiger partial charge in [0.15, 0.2) is 0 Å². The number of esters is 2. The fourth-order valence-corrected chi connectivity index (χ4v) is 2.18. The van der Waals surface area contributed by atoms with E-state index in [0.717, 1.165) is 25.7 Å². The largest absolute Gasteiger partial charge is 0.466 e. The molecule has 0 fully saturated rings. The molecule has 1 unspecified atom stereocenters. The molecule has 0 aliphatic carbocycles. The Labute approximate surface area is 132 Å². The van der Waals surface area contributed by atoms with Crippen molar-refractivity contribution >= 4 is 11.9 Å². The quantitative estimate of drug-likeness (QED) is 0.484. The van der Waals surface area contributed by atoms with Crippen molar-refractivity contribution in [2.24, 2.45) is 5.92 Å². The summed E-state index contributed by atoms with van der Waals surface area (Å²) in [6, 6.07) is 8.80. The number of unbranched alkanes of at least 4 members (excludes halogenated alkanes) is 3. The second kappa shape index (κ2) is 10.8. The van der Waals surface area contributed by atoms with E-state index in [1.54, 1.807) is 31.2 Å². The third-order valence-electron chi connectivity index (χ3n) is 3.45. The van der Waals surface area contributed by atoms with E-state index in [-0.39, 0.29) is 18.5 Å². The fourth-order valence-electron chi connectivity index (χ4n) is 2.18. The lowest BCUT2D eigenvalue weighted by Gasteiger charge is -2.15.